The Balaban J connectivity index is 2.70. The molecule has 1 N–H and O–H groups in total. The van der Waals surface area contributed by atoms with Gasteiger partial charge in [0.15, 0.2) is 0 Å². The summed E-state index contributed by atoms with van der Waals surface area (Å²) in [5.74, 6) is -0.317. The molecule has 44 valence electrons. The van der Waals surface area contributed by atoms with Gasteiger partial charge in [-0.1, -0.05) is 0 Å². The van der Waals surface area contributed by atoms with Crippen LogP contribution in [0, 0.1) is 0 Å². The SMILES string of the molecule is CC1=CC(=O)N(O)C1. The second kappa shape index (κ2) is 1.59. The van der Waals surface area contributed by atoms with Gasteiger partial charge in [0.1, 0.15) is 0 Å². The molecule has 0 spiro atoms. The molecule has 1 heterocycles. The van der Waals surface area contributed by atoms with Crippen molar-refractivity contribution in [3.05, 3.63) is 11.6 Å². The van der Waals surface area contributed by atoms with Crippen LogP contribution in [0.15, 0.2) is 11.6 Å². The summed E-state index contributed by atoms with van der Waals surface area (Å²) in [5.41, 5.74) is 0.900. The zero-order valence-electron chi connectivity index (χ0n) is 4.59. The molecule has 1 aliphatic rings. The number of hydrogen-bond acceptors (Lipinski definition) is 2. The number of carbonyl (C=O) groups is 1. The number of carbonyl (C=O) groups excluding carboxylic acids is 1. The molecule has 3 nitrogen and oxygen atoms in total. The first-order chi connectivity index (χ1) is 3.70. The van der Waals surface area contributed by atoms with Crippen LogP contribution in [-0.2, 0) is 4.79 Å². The summed E-state index contributed by atoms with van der Waals surface area (Å²) in [6, 6.07) is 0. The molecule has 3 heteroatoms. The average Bonchev–Trinajstić information content (AvgIpc) is 1.85. The number of rotatable bonds is 0. The van der Waals surface area contributed by atoms with Gasteiger partial charge < -0.3 is 0 Å². The van der Waals surface area contributed by atoms with E-state index in [9.17, 15) is 4.79 Å². The Morgan fingerprint density at radius 2 is 2.50 bits per heavy atom. The van der Waals surface area contributed by atoms with Crippen LogP contribution in [0.4, 0.5) is 0 Å². The highest BCUT2D eigenvalue weighted by Crippen LogP contribution is 2.04. The van der Waals surface area contributed by atoms with Gasteiger partial charge in [0.05, 0.1) is 6.54 Å². The lowest BCUT2D eigenvalue weighted by Gasteiger charge is -2.02. The third-order valence-corrected chi connectivity index (χ3v) is 1.02. The molecule has 8 heavy (non-hydrogen) atoms. The fourth-order valence-electron chi connectivity index (χ4n) is 0.645. The summed E-state index contributed by atoms with van der Waals surface area (Å²) in [6.07, 6.45) is 1.42. The molecule has 1 aliphatic heterocycles. The van der Waals surface area contributed by atoms with Crippen molar-refractivity contribution in [1.82, 2.24) is 5.06 Å². The first-order valence-electron chi connectivity index (χ1n) is 2.37. The van der Waals surface area contributed by atoms with Crippen molar-refractivity contribution in [1.29, 1.82) is 0 Å². The summed E-state index contributed by atoms with van der Waals surface area (Å²) >= 11 is 0. The van der Waals surface area contributed by atoms with Crippen molar-refractivity contribution in [3.63, 3.8) is 0 Å². The normalized spacial score (nSPS) is 19.5. The Hall–Kier alpha value is -0.830. The fourth-order valence-corrected chi connectivity index (χ4v) is 0.645. The van der Waals surface area contributed by atoms with Crippen LogP contribution in [-0.4, -0.2) is 22.7 Å². The molecule has 0 aromatic rings. The van der Waals surface area contributed by atoms with Crippen molar-refractivity contribution in [2.75, 3.05) is 6.54 Å². The van der Waals surface area contributed by atoms with Crippen molar-refractivity contribution in [2.45, 2.75) is 6.92 Å². The molecule has 0 aromatic carbocycles. The molecule has 0 aromatic heterocycles. The summed E-state index contributed by atoms with van der Waals surface area (Å²) in [7, 11) is 0. The van der Waals surface area contributed by atoms with Gasteiger partial charge in [0.2, 0.25) is 0 Å². The Labute approximate surface area is 47.2 Å². The molecule has 0 atom stereocenters. The van der Waals surface area contributed by atoms with Crippen LogP contribution >= 0.6 is 0 Å². The van der Waals surface area contributed by atoms with E-state index in [0.29, 0.717) is 11.6 Å². The molecule has 0 fully saturated rings. The maximum Gasteiger partial charge on any atom is 0.270 e. The molecule has 0 bridgehead atoms. The van der Waals surface area contributed by atoms with E-state index in [1.807, 2.05) is 0 Å². The van der Waals surface area contributed by atoms with Gasteiger partial charge in [-0.3, -0.25) is 10.0 Å². The lowest BCUT2D eigenvalue weighted by molar-refractivity contribution is -0.154. The number of amides is 1. The van der Waals surface area contributed by atoms with Gasteiger partial charge in [-0.25, -0.2) is 5.06 Å². The Kier molecular flexibility index (Phi) is 1.06. The molecule has 1 amide bonds. The Bertz CT molecular complexity index is 151. The summed E-state index contributed by atoms with van der Waals surface area (Å²) < 4.78 is 0. The zero-order chi connectivity index (χ0) is 6.15. The van der Waals surface area contributed by atoms with Gasteiger partial charge in [-0.05, 0) is 12.5 Å². The van der Waals surface area contributed by atoms with Crippen LogP contribution in [0.1, 0.15) is 6.92 Å². The topological polar surface area (TPSA) is 40.5 Å². The first kappa shape index (κ1) is 5.31. The van der Waals surface area contributed by atoms with Crippen LogP contribution < -0.4 is 0 Å². The largest absolute Gasteiger partial charge is 0.285 e. The zero-order valence-corrected chi connectivity index (χ0v) is 4.59. The maximum atomic E-state index is 10.4. The molecule has 0 saturated heterocycles. The molecule has 0 unspecified atom stereocenters. The van der Waals surface area contributed by atoms with E-state index in [-0.39, 0.29) is 5.91 Å². The smallest absolute Gasteiger partial charge is 0.270 e. The van der Waals surface area contributed by atoms with Gasteiger partial charge >= 0.3 is 0 Å². The van der Waals surface area contributed by atoms with E-state index in [4.69, 9.17) is 5.21 Å². The van der Waals surface area contributed by atoms with Crippen LogP contribution in [0.5, 0.6) is 0 Å². The molecule has 0 aliphatic carbocycles. The standard InChI is InChI=1S/C5H7NO2/c1-4-2-5(7)6(8)3-4/h2,8H,3H2,1H3. The molecule has 0 saturated carbocycles. The average molecular weight is 113 g/mol. The Morgan fingerprint density at radius 3 is 2.62 bits per heavy atom. The van der Waals surface area contributed by atoms with E-state index in [1.54, 1.807) is 6.92 Å². The van der Waals surface area contributed by atoms with Crippen molar-refractivity contribution in [2.24, 2.45) is 0 Å². The minimum atomic E-state index is -0.317. The number of nitrogens with zero attached hydrogens (tertiary/aromatic N) is 1. The van der Waals surface area contributed by atoms with Crippen molar-refractivity contribution < 1.29 is 10.0 Å². The first-order valence-corrected chi connectivity index (χ1v) is 2.37. The maximum absolute atomic E-state index is 10.4. The van der Waals surface area contributed by atoms with E-state index in [0.717, 1.165) is 5.57 Å². The summed E-state index contributed by atoms with van der Waals surface area (Å²) in [6.45, 7) is 2.16. The van der Waals surface area contributed by atoms with E-state index in [2.05, 4.69) is 0 Å². The van der Waals surface area contributed by atoms with E-state index in [1.165, 1.54) is 6.08 Å². The second-order valence-corrected chi connectivity index (χ2v) is 1.89. The summed E-state index contributed by atoms with van der Waals surface area (Å²) in [5, 5.41) is 9.29. The van der Waals surface area contributed by atoms with Crippen LogP contribution in [0.2, 0.25) is 0 Å². The predicted octanol–water partition coefficient (Wildman–Crippen LogP) is 0.164. The fraction of sp³-hybridized carbons (Fsp3) is 0.400. The van der Waals surface area contributed by atoms with Crippen LogP contribution in [0.3, 0.4) is 0 Å². The molecular formula is C5H7NO2. The van der Waals surface area contributed by atoms with Gasteiger partial charge in [-0.2, -0.15) is 0 Å². The number of hydroxylamine groups is 2. The minimum absolute atomic E-state index is 0.317. The second-order valence-electron chi connectivity index (χ2n) is 1.89. The third kappa shape index (κ3) is 0.721. The lowest BCUT2D eigenvalue weighted by atomic mass is 10.3. The Morgan fingerprint density at radius 1 is 1.88 bits per heavy atom. The monoisotopic (exact) mass is 113 g/mol. The quantitative estimate of drug-likeness (QED) is 0.455. The third-order valence-electron chi connectivity index (χ3n) is 1.02. The van der Waals surface area contributed by atoms with Crippen molar-refractivity contribution >= 4 is 5.91 Å². The highest BCUT2D eigenvalue weighted by molar-refractivity contribution is 5.89. The predicted molar refractivity (Wildman–Crippen MR) is 27.3 cm³/mol. The highest BCUT2D eigenvalue weighted by Gasteiger charge is 2.15. The lowest BCUT2D eigenvalue weighted by Crippen LogP contribution is -2.20. The van der Waals surface area contributed by atoms with E-state index < -0.39 is 0 Å². The van der Waals surface area contributed by atoms with Gasteiger partial charge in [0.25, 0.3) is 5.91 Å². The van der Waals surface area contributed by atoms with Crippen molar-refractivity contribution in [3.8, 4) is 0 Å². The van der Waals surface area contributed by atoms with Crippen LogP contribution in [0.25, 0.3) is 0 Å². The summed E-state index contributed by atoms with van der Waals surface area (Å²) in [4.78, 5) is 10.4. The van der Waals surface area contributed by atoms with E-state index >= 15 is 0 Å². The molecular weight excluding hydrogens is 106 g/mol. The molecule has 0 radical (unpaired) electrons. The molecule has 1 rings (SSSR count). The highest BCUT2D eigenvalue weighted by atomic mass is 16.5. The minimum Gasteiger partial charge on any atom is -0.285 e. The number of hydrogen-bond donors (Lipinski definition) is 1. The van der Waals surface area contributed by atoms with Gasteiger partial charge in [0, 0.05) is 6.08 Å². The van der Waals surface area contributed by atoms with Gasteiger partial charge in [-0.15, -0.1) is 0 Å².